The lowest BCUT2D eigenvalue weighted by Gasteiger charge is -2.36. The molecule has 3 heteroatoms. The fourth-order valence-electron chi connectivity index (χ4n) is 3.28. The van der Waals surface area contributed by atoms with Crippen molar-refractivity contribution in [2.45, 2.75) is 45.1 Å². The number of hydrogen-bond donors (Lipinski definition) is 1. The summed E-state index contributed by atoms with van der Waals surface area (Å²) in [5, 5.41) is 3.78. The van der Waals surface area contributed by atoms with Crippen molar-refractivity contribution < 1.29 is 9.47 Å². The summed E-state index contributed by atoms with van der Waals surface area (Å²) >= 11 is 0. The maximum absolute atomic E-state index is 5.82. The van der Waals surface area contributed by atoms with Crippen LogP contribution >= 0.6 is 0 Å². The van der Waals surface area contributed by atoms with Gasteiger partial charge in [-0.2, -0.15) is 0 Å². The zero-order chi connectivity index (χ0) is 15.1. The van der Waals surface area contributed by atoms with E-state index in [-0.39, 0.29) is 0 Å². The molecular weight excluding hydrogens is 262 g/mol. The number of nitrogens with one attached hydrogen (secondary N) is 1. The molecule has 0 saturated carbocycles. The van der Waals surface area contributed by atoms with Gasteiger partial charge in [0.1, 0.15) is 5.75 Å². The summed E-state index contributed by atoms with van der Waals surface area (Å²) in [6, 6.07) is 8.99. The van der Waals surface area contributed by atoms with E-state index in [9.17, 15) is 0 Å². The number of para-hydroxylation sites is 1. The van der Waals surface area contributed by atoms with Gasteiger partial charge in [0, 0.05) is 25.7 Å². The van der Waals surface area contributed by atoms with Gasteiger partial charge in [-0.3, -0.25) is 0 Å². The Morgan fingerprint density at radius 3 is 2.95 bits per heavy atom. The molecule has 0 amide bonds. The van der Waals surface area contributed by atoms with Gasteiger partial charge in [0.2, 0.25) is 0 Å². The van der Waals surface area contributed by atoms with Crippen LogP contribution in [0.5, 0.6) is 5.75 Å². The van der Waals surface area contributed by atoms with Crippen molar-refractivity contribution in [3.05, 3.63) is 29.8 Å². The summed E-state index contributed by atoms with van der Waals surface area (Å²) in [5.41, 5.74) is 1.36. The van der Waals surface area contributed by atoms with Gasteiger partial charge in [0.05, 0.1) is 6.61 Å². The second-order valence-corrected chi connectivity index (χ2v) is 6.02. The molecule has 118 valence electrons. The molecule has 2 rings (SSSR count). The van der Waals surface area contributed by atoms with Gasteiger partial charge in [0.15, 0.2) is 0 Å². The second kappa shape index (κ2) is 8.40. The van der Waals surface area contributed by atoms with Crippen LogP contribution in [0.25, 0.3) is 0 Å². The maximum atomic E-state index is 5.82. The molecule has 0 fully saturated rings. The molecule has 21 heavy (non-hydrogen) atoms. The fraction of sp³-hybridized carbons (Fsp3) is 0.667. The molecule has 0 aromatic heterocycles. The quantitative estimate of drug-likeness (QED) is 0.794. The minimum Gasteiger partial charge on any atom is -0.493 e. The summed E-state index contributed by atoms with van der Waals surface area (Å²) in [7, 11) is 1.78. The minimum absolute atomic E-state index is 0.491. The highest BCUT2D eigenvalue weighted by molar-refractivity contribution is 5.38. The van der Waals surface area contributed by atoms with E-state index in [2.05, 4.69) is 43.4 Å². The molecule has 0 saturated heterocycles. The first kappa shape index (κ1) is 16.3. The van der Waals surface area contributed by atoms with Crippen LogP contribution in [-0.2, 0) is 4.74 Å². The Morgan fingerprint density at radius 1 is 1.38 bits per heavy atom. The molecule has 1 N–H and O–H groups in total. The zero-order valence-electron chi connectivity index (χ0n) is 13.6. The number of ether oxygens (including phenoxy) is 2. The third-order valence-corrected chi connectivity index (χ3v) is 4.46. The predicted molar refractivity (Wildman–Crippen MR) is 87.0 cm³/mol. The molecule has 0 radical (unpaired) electrons. The van der Waals surface area contributed by atoms with Crippen molar-refractivity contribution in [2.75, 3.05) is 26.9 Å². The van der Waals surface area contributed by atoms with Crippen molar-refractivity contribution in [3.63, 3.8) is 0 Å². The lowest BCUT2D eigenvalue weighted by molar-refractivity contribution is 0.157. The van der Waals surface area contributed by atoms with Crippen LogP contribution in [-0.4, -0.2) is 32.9 Å². The first-order valence-corrected chi connectivity index (χ1v) is 8.22. The van der Waals surface area contributed by atoms with Crippen LogP contribution in [0.15, 0.2) is 24.3 Å². The Labute approximate surface area is 129 Å². The standard InChI is InChI=1S/C18H29NO2/c1-4-11-19-18(14(2)9-12-20-3)16-10-13-21-17-8-6-5-7-15(16)17/h5-8,14,16,18-19H,4,9-13H2,1-3H3. The SMILES string of the molecule is CCCNC(C(C)CCOC)C1CCOc2ccccc21. The maximum Gasteiger partial charge on any atom is 0.122 e. The molecule has 0 spiro atoms. The number of rotatable bonds is 8. The third kappa shape index (κ3) is 4.21. The van der Waals surface area contributed by atoms with Crippen molar-refractivity contribution in [1.82, 2.24) is 5.32 Å². The van der Waals surface area contributed by atoms with Gasteiger partial charge in [-0.15, -0.1) is 0 Å². The highest BCUT2D eigenvalue weighted by atomic mass is 16.5. The summed E-state index contributed by atoms with van der Waals surface area (Å²) < 4.78 is 11.1. The monoisotopic (exact) mass is 291 g/mol. The van der Waals surface area contributed by atoms with E-state index in [0.29, 0.717) is 17.9 Å². The van der Waals surface area contributed by atoms with E-state index < -0.39 is 0 Å². The molecular formula is C18H29NO2. The molecule has 1 aromatic rings. The van der Waals surface area contributed by atoms with E-state index in [4.69, 9.17) is 9.47 Å². The van der Waals surface area contributed by atoms with Crippen molar-refractivity contribution in [1.29, 1.82) is 0 Å². The van der Waals surface area contributed by atoms with E-state index in [0.717, 1.165) is 38.3 Å². The Morgan fingerprint density at radius 2 is 2.19 bits per heavy atom. The van der Waals surface area contributed by atoms with E-state index in [1.54, 1.807) is 7.11 Å². The average molecular weight is 291 g/mol. The summed E-state index contributed by atoms with van der Waals surface area (Å²) in [5.74, 6) is 2.19. The molecule has 1 aliphatic rings. The summed E-state index contributed by atoms with van der Waals surface area (Å²) in [4.78, 5) is 0. The van der Waals surface area contributed by atoms with E-state index in [1.165, 1.54) is 12.0 Å². The number of fused-ring (bicyclic) bond motifs is 1. The van der Waals surface area contributed by atoms with E-state index in [1.807, 2.05) is 0 Å². The van der Waals surface area contributed by atoms with Crippen molar-refractivity contribution in [2.24, 2.45) is 5.92 Å². The summed E-state index contributed by atoms with van der Waals surface area (Å²) in [6.45, 7) is 7.28. The van der Waals surface area contributed by atoms with Gasteiger partial charge >= 0.3 is 0 Å². The van der Waals surface area contributed by atoms with Gasteiger partial charge in [-0.25, -0.2) is 0 Å². The molecule has 3 nitrogen and oxygen atoms in total. The molecule has 0 bridgehead atoms. The summed E-state index contributed by atoms with van der Waals surface area (Å²) in [6.07, 6.45) is 3.35. The van der Waals surface area contributed by atoms with Crippen molar-refractivity contribution in [3.8, 4) is 5.75 Å². The van der Waals surface area contributed by atoms with E-state index >= 15 is 0 Å². The van der Waals surface area contributed by atoms with Crippen LogP contribution in [0, 0.1) is 5.92 Å². The Kier molecular flexibility index (Phi) is 6.52. The van der Waals surface area contributed by atoms with Crippen LogP contribution in [0.2, 0.25) is 0 Å². The first-order valence-electron chi connectivity index (χ1n) is 8.22. The zero-order valence-corrected chi connectivity index (χ0v) is 13.6. The number of hydrogen-bond acceptors (Lipinski definition) is 3. The number of methoxy groups -OCH3 is 1. The van der Waals surface area contributed by atoms with Crippen molar-refractivity contribution >= 4 is 0 Å². The van der Waals surface area contributed by atoms with Gasteiger partial charge < -0.3 is 14.8 Å². The van der Waals surface area contributed by atoms with Crippen LogP contribution in [0.4, 0.5) is 0 Å². The lowest BCUT2D eigenvalue weighted by atomic mass is 9.80. The Bertz CT molecular complexity index is 421. The molecule has 1 aliphatic heterocycles. The van der Waals surface area contributed by atoms with Gasteiger partial charge in [0.25, 0.3) is 0 Å². The predicted octanol–water partition coefficient (Wildman–Crippen LogP) is 3.59. The van der Waals surface area contributed by atoms with Gasteiger partial charge in [-0.1, -0.05) is 32.0 Å². The number of benzene rings is 1. The highest BCUT2D eigenvalue weighted by Gasteiger charge is 2.31. The molecule has 0 aliphatic carbocycles. The molecule has 1 aromatic carbocycles. The van der Waals surface area contributed by atoms with Crippen LogP contribution in [0.1, 0.15) is 44.6 Å². The van der Waals surface area contributed by atoms with Crippen LogP contribution < -0.4 is 10.1 Å². The normalized spacial score (nSPS) is 20.4. The lowest BCUT2D eigenvalue weighted by Crippen LogP contribution is -2.42. The Hall–Kier alpha value is -1.06. The largest absolute Gasteiger partial charge is 0.493 e. The fourth-order valence-corrected chi connectivity index (χ4v) is 3.28. The average Bonchev–Trinajstić information content (AvgIpc) is 2.53. The smallest absolute Gasteiger partial charge is 0.122 e. The van der Waals surface area contributed by atoms with Gasteiger partial charge in [-0.05, 0) is 43.4 Å². The topological polar surface area (TPSA) is 30.5 Å². The Balaban J connectivity index is 2.16. The second-order valence-electron chi connectivity index (χ2n) is 6.02. The third-order valence-electron chi connectivity index (χ3n) is 4.46. The first-order chi connectivity index (χ1) is 10.3. The molecule has 3 atom stereocenters. The van der Waals surface area contributed by atoms with Crippen LogP contribution in [0.3, 0.4) is 0 Å². The highest BCUT2D eigenvalue weighted by Crippen LogP contribution is 2.38. The minimum atomic E-state index is 0.491. The molecule has 1 heterocycles. The molecule has 3 unspecified atom stereocenters.